The van der Waals surface area contributed by atoms with Crippen molar-refractivity contribution in [2.45, 2.75) is 13.0 Å². The number of rotatable bonds is 7. The van der Waals surface area contributed by atoms with Crippen LogP contribution in [0.3, 0.4) is 0 Å². The van der Waals surface area contributed by atoms with E-state index in [9.17, 15) is 4.79 Å². The van der Waals surface area contributed by atoms with Crippen LogP contribution in [0, 0.1) is 0 Å². The molecule has 2 aromatic rings. The fourth-order valence-corrected chi connectivity index (χ4v) is 3.44. The maximum atomic E-state index is 11.6. The van der Waals surface area contributed by atoms with Crippen molar-refractivity contribution in [2.75, 3.05) is 29.8 Å². The standard InChI is InChI=1S/C16H17Cl3N2O2S/c1-21(10-12-4-6-15(19)24-12)11-3-5-14(13(18)9-11)20-16(22)23-8-2-7-17/h3-6,9H,2,7-8,10H2,1H3,(H,20,22). The van der Waals surface area contributed by atoms with Crippen LogP contribution in [-0.4, -0.2) is 25.6 Å². The third-order valence-corrected chi connectivity index (χ3v) is 4.96. The van der Waals surface area contributed by atoms with Crippen molar-refractivity contribution in [3.63, 3.8) is 0 Å². The van der Waals surface area contributed by atoms with E-state index in [4.69, 9.17) is 39.5 Å². The van der Waals surface area contributed by atoms with Crippen LogP contribution < -0.4 is 10.2 Å². The molecule has 4 nitrogen and oxygen atoms in total. The largest absolute Gasteiger partial charge is 0.449 e. The molecule has 0 fully saturated rings. The number of ether oxygens (including phenoxy) is 1. The molecule has 1 N–H and O–H groups in total. The molecule has 1 amide bonds. The molecule has 0 saturated heterocycles. The van der Waals surface area contributed by atoms with Gasteiger partial charge < -0.3 is 9.64 Å². The average Bonchev–Trinajstić information content (AvgIpc) is 2.94. The number of thiophene rings is 1. The van der Waals surface area contributed by atoms with Gasteiger partial charge in [-0.15, -0.1) is 22.9 Å². The quantitative estimate of drug-likeness (QED) is 0.461. The molecular formula is C16H17Cl3N2O2S. The molecule has 0 aliphatic heterocycles. The van der Waals surface area contributed by atoms with Crippen LogP contribution in [0.2, 0.25) is 9.36 Å². The van der Waals surface area contributed by atoms with E-state index in [0.717, 1.165) is 21.4 Å². The van der Waals surface area contributed by atoms with E-state index >= 15 is 0 Å². The summed E-state index contributed by atoms with van der Waals surface area (Å²) in [6, 6.07) is 9.31. The van der Waals surface area contributed by atoms with Crippen molar-refractivity contribution in [2.24, 2.45) is 0 Å². The number of nitrogens with zero attached hydrogens (tertiary/aromatic N) is 1. The third-order valence-electron chi connectivity index (χ3n) is 3.16. The average molecular weight is 408 g/mol. The molecule has 2 rings (SSSR count). The van der Waals surface area contributed by atoms with Crippen LogP contribution in [0.4, 0.5) is 16.2 Å². The van der Waals surface area contributed by atoms with E-state index in [2.05, 4.69) is 10.2 Å². The Hall–Kier alpha value is -1.14. The maximum Gasteiger partial charge on any atom is 0.411 e. The summed E-state index contributed by atoms with van der Waals surface area (Å²) in [5.41, 5.74) is 1.44. The minimum absolute atomic E-state index is 0.275. The molecule has 1 heterocycles. The van der Waals surface area contributed by atoms with Crippen molar-refractivity contribution in [3.8, 4) is 0 Å². The Morgan fingerprint density at radius 2 is 2.08 bits per heavy atom. The van der Waals surface area contributed by atoms with Crippen LogP contribution in [0.15, 0.2) is 30.3 Å². The molecule has 8 heteroatoms. The number of carbonyl (C=O) groups is 1. The van der Waals surface area contributed by atoms with Crippen LogP contribution in [-0.2, 0) is 11.3 Å². The van der Waals surface area contributed by atoms with Gasteiger partial charge in [0, 0.05) is 23.5 Å². The molecule has 0 radical (unpaired) electrons. The molecule has 130 valence electrons. The third kappa shape index (κ3) is 5.74. The Kier molecular flexibility index (Phi) is 7.49. The van der Waals surface area contributed by atoms with Crippen molar-refractivity contribution in [1.82, 2.24) is 0 Å². The van der Waals surface area contributed by atoms with Gasteiger partial charge in [-0.3, -0.25) is 5.32 Å². The number of carbonyl (C=O) groups excluding carboxylic acids is 1. The van der Waals surface area contributed by atoms with Crippen molar-refractivity contribution < 1.29 is 9.53 Å². The zero-order valence-electron chi connectivity index (χ0n) is 13.0. The number of halogens is 3. The maximum absolute atomic E-state index is 11.6. The molecular weight excluding hydrogens is 391 g/mol. The summed E-state index contributed by atoms with van der Waals surface area (Å²) in [4.78, 5) is 14.9. The first-order chi connectivity index (χ1) is 11.5. The van der Waals surface area contributed by atoms with Gasteiger partial charge in [-0.1, -0.05) is 23.2 Å². The van der Waals surface area contributed by atoms with E-state index in [1.54, 1.807) is 23.5 Å². The lowest BCUT2D eigenvalue weighted by Gasteiger charge is -2.19. The van der Waals surface area contributed by atoms with E-state index in [-0.39, 0.29) is 6.61 Å². The Labute approximate surface area is 160 Å². The molecule has 1 aromatic heterocycles. The highest BCUT2D eigenvalue weighted by molar-refractivity contribution is 7.16. The van der Waals surface area contributed by atoms with Crippen molar-refractivity contribution in [3.05, 3.63) is 44.6 Å². The second-order valence-corrected chi connectivity index (χ2v) is 7.61. The number of nitrogens with one attached hydrogen (secondary N) is 1. The normalized spacial score (nSPS) is 10.5. The van der Waals surface area contributed by atoms with E-state index in [0.29, 0.717) is 23.0 Å². The van der Waals surface area contributed by atoms with Gasteiger partial charge in [-0.25, -0.2) is 4.79 Å². The van der Waals surface area contributed by atoms with Crippen LogP contribution >= 0.6 is 46.1 Å². The highest BCUT2D eigenvalue weighted by atomic mass is 35.5. The number of benzene rings is 1. The summed E-state index contributed by atoms with van der Waals surface area (Å²) < 4.78 is 5.75. The monoisotopic (exact) mass is 406 g/mol. The fourth-order valence-electron chi connectivity index (χ4n) is 1.97. The van der Waals surface area contributed by atoms with Gasteiger partial charge in [-0.05, 0) is 36.8 Å². The van der Waals surface area contributed by atoms with E-state index in [1.165, 1.54) is 0 Å². The minimum atomic E-state index is -0.545. The van der Waals surface area contributed by atoms with Crippen LogP contribution in [0.5, 0.6) is 0 Å². The lowest BCUT2D eigenvalue weighted by Crippen LogP contribution is -2.17. The Balaban J connectivity index is 1.96. The van der Waals surface area contributed by atoms with Gasteiger partial charge in [0.2, 0.25) is 0 Å². The zero-order valence-corrected chi connectivity index (χ0v) is 16.1. The first-order valence-corrected chi connectivity index (χ1v) is 9.35. The summed E-state index contributed by atoms with van der Waals surface area (Å²) in [5.74, 6) is 0.449. The van der Waals surface area contributed by atoms with Gasteiger partial charge >= 0.3 is 6.09 Å². The van der Waals surface area contributed by atoms with E-state index in [1.807, 2.05) is 25.2 Å². The summed E-state index contributed by atoms with van der Waals surface area (Å²) in [6.07, 6.45) is 0.0652. The number of hydrogen-bond acceptors (Lipinski definition) is 4. The number of hydrogen-bond donors (Lipinski definition) is 1. The highest BCUT2D eigenvalue weighted by Crippen LogP contribution is 2.29. The molecule has 1 aromatic carbocycles. The topological polar surface area (TPSA) is 41.6 Å². The van der Waals surface area contributed by atoms with Gasteiger partial charge in [0.05, 0.1) is 28.2 Å². The first-order valence-electron chi connectivity index (χ1n) is 7.24. The van der Waals surface area contributed by atoms with Gasteiger partial charge in [0.1, 0.15) is 0 Å². The Morgan fingerprint density at radius 3 is 2.71 bits per heavy atom. The van der Waals surface area contributed by atoms with Crippen LogP contribution in [0.25, 0.3) is 0 Å². The first kappa shape index (κ1) is 19.2. The smallest absolute Gasteiger partial charge is 0.411 e. The van der Waals surface area contributed by atoms with Gasteiger partial charge in [0.15, 0.2) is 0 Å². The molecule has 0 saturated carbocycles. The summed E-state index contributed by atoms with van der Waals surface area (Å²) in [5, 5.41) is 3.06. The lowest BCUT2D eigenvalue weighted by atomic mass is 10.2. The summed E-state index contributed by atoms with van der Waals surface area (Å²) in [7, 11) is 1.97. The molecule has 24 heavy (non-hydrogen) atoms. The predicted molar refractivity (Wildman–Crippen MR) is 103 cm³/mol. The number of anilines is 2. The minimum Gasteiger partial charge on any atom is -0.449 e. The molecule has 0 aliphatic carbocycles. The Bertz CT molecular complexity index is 694. The van der Waals surface area contributed by atoms with E-state index < -0.39 is 6.09 Å². The molecule has 0 atom stereocenters. The van der Waals surface area contributed by atoms with Crippen LogP contribution in [0.1, 0.15) is 11.3 Å². The SMILES string of the molecule is CN(Cc1ccc(Cl)s1)c1ccc(NC(=O)OCCCCl)c(Cl)c1. The fraction of sp³-hybridized carbons (Fsp3) is 0.312. The number of alkyl halides is 1. The summed E-state index contributed by atoms with van der Waals surface area (Å²) in [6.45, 7) is 0.998. The predicted octanol–water partition coefficient (Wildman–Crippen LogP) is 5.87. The Morgan fingerprint density at radius 1 is 1.29 bits per heavy atom. The molecule has 0 bridgehead atoms. The molecule has 0 spiro atoms. The second kappa shape index (κ2) is 9.37. The second-order valence-electron chi connectivity index (χ2n) is 5.03. The van der Waals surface area contributed by atoms with Crippen molar-refractivity contribution in [1.29, 1.82) is 0 Å². The van der Waals surface area contributed by atoms with Gasteiger partial charge in [-0.2, -0.15) is 0 Å². The summed E-state index contributed by atoms with van der Waals surface area (Å²) >= 11 is 19.3. The highest BCUT2D eigenvalue weighted by Gasteiger charge is 2.10. The number of amides is 1. The zero-order chi connectivity index (χ0) is 17.5. The van der Waals surface area contributed by atoms with Crippen molar-refractivity contribution >= 4 is 63.6 Å². The molecule has 0 aliphatic rings. The molecule has 0 unspecified atom stereocenters. The lowest BCUT2D eigenvalue weighted by molar-refractivity contribution is 0.162. The van der Waals surface area contributed by atoms with Gasteiger partial charge in [0.25, 0.3) is 0 Å².